The molecule has 1 fully saturated rings. The van der Waals surface area contributed by atoms with Crippen molar-refractivity contribution in [2.75, 3.05) is 26.3 Å². The fourth-order valence-corrected chi connectivity index (χ4v) is 3.10. The molecule has 1 saturated heterocycles. The van der Waals surface area contributed by atoms with Crippen LogP contribution in [0.15, 0.2) is 30.5 Å². The molecule has 0 amide bonds. The first kappa shape index (κ1) is 16.5. The van der Waals surface area contributed by atoms with E-state index in [0.717, 1.165) is 41.8 Å². The lowest BCUT2D eigenvalue weighted by Crippen LogP contribution is -2.44. The summed E-state index contributed by atoms with van der Waals surface area (Å²) in [6.07, 6.45) is 1.89. The SMILES string of the molecule is CC(C)(C)CN1CCOCC1c1ncc(-c2ccc(Cl)cc2)[nH]1. The molecule has 0 saturated carbocycles. The number of aromatic nitrogens is 2. The summed E-state index contributed by atoms with van der Waals surface area (Å²) in [5.41, 5.74) is 2.35. The number of nitrogens with one attached hydrogen (secondary N) is 1. The van der Waals surface area contributed by atoms with Gasteiger partial charge in [-0.1, -0.05) is 44.5 Å². The molecular formula is C18H24ClN3O. The summed E-state index contributed by atoms with van der Waals surface area (Å²) >= 11 is 5.96. The van der Waals surface area contributed by atoms with Gasteiger partial charge in [0.05, 0.1) is 31.1 Å². The Morgan fingerprint density at radius 3 is 2.74 bits per heavy atom. The molecule has 1 aliphatic heterocycles. The van der Waals surface area contributed by atoms with Gasteiger partial charge in [0.25, 0.3) is 0 Å². The maximum absolute atomic E-state index is 5.96. The Kier molecular flexibility index (Phi) is 4.76. The zero-order chi connectivity index (χ0) is 16.4. The summed E-state index contributed by atoms with van der Waals surface area (Å²) in [4.78, 5) is 10.5. The van der Waals surface area contributed by atoms with Gasteiger partial charge in [0, 0.05) is 18.1 Å². The number of benzene rings is 1. The highest BCUT2D eigenvalue weighted by Gasteiger charge is 2.29. The molecule has 1 unspecified atom stereocenters. The van der Waals surface area contributed by atoms with E-state index in [0.29, 0.717) is 6.61 Å². The first-order chi connectivity index (χ1) is 10.9. The highest BCUT2D eigenvalue weighted by molar-refractivity contribution is 6.30. The molecule has 2 aromatic rings. The van der Waals surface area contributed by atoms with E-state index in [9.17, 15) is 0 Å². The highest BCUT2D eigenvalue weighted by atomic mass is 35.5. The molecular weight excluding hydrogens is 310 g/mol. The van der Waals surface area contributed by atoms with Crippen molar-refractivity contribution in [3.8, 4) is 11.3 Å². The Hall–Kier alpha value is -1.36. The second kappa shape index (κ2) is 6.63. The molecule has 124 valence electrons. The van der Waals surface area contributed by atoms with Crippen LogP contribution in [0.4, 0.5) is 0 Å². The number of morpholine rings is 1. The number of aromatic amines is 1. The fourth-order valence-electron chi connectivity index (χ4n) is 2.97. The van der Waals surface area contributed by atoms with E-state index < -0.39 is 0 Å². The third-order valence-electron chi connectivity index (χ3n) is 3.98. The molecule has 1 aliphatic rings. The van der Waals surface area contributed by atoms with Crippen LogP contribution >= 0.6 is 11.6 Å². The Morgan fingerprint density at radius 1 is 1.30 bits per heavy atom. The van der Waals surface area contributed by atoms with Gasteiger partial charge in [-0.3, -0.25) is 4.90 Å². The largest absolute Gasteiger partial charge is 0.378 e. The zero-order valence-electron chi connectivity index (χ0n) is 14.0. The van der Waals surface area contributed by atoms with Crippen molar-refractivity contribution in [2.24, 2.45) is 5.41 Å². The van der Waals surface area contributed by atoms with Gasteiger partial charge in [-0.05, 0) is 23.1 Å². The number of hydrogen-bond donors (Lipinski definition) is 1. The van der Waals surface area contributed by atoms with Crippen LogP contribution < -0.4 is 0 Å². The third kappa shape index (κ3) is 4.14. The van der Waals surface area contributed by atoms with E-state index in [1.54, 1.807) is 0 Å². The maximum Gasteiger partial charge on any atom is 0.126 e. The molecule has 4 nitrogen and oxygen atoms in total. The van der Waals surface area contributed by atoms with Crippen molar-refractivity contribution in [1.82, 2.24) is 14.9 Å². The van der Waals surface area contributed by atoms with Crippen molar-refractivity contribution in [2.45, 2.75) is 26.8 Å². The molecule has 1 aromatic heterocycles. The lowest BCUT2D eigenvalue weighted by Gasteiger charge is -2.38. The number of imidazole rings is 1. The van der Waals surface area contributed by atoms with E-state index in [2.05, 4.69) is 35.6 Å². The van der Waals surface area contributed by atoms with Crippen LogP contribution in [0.3, 0.4) is 0 Å². The molecule has 0 aliphatic carbocycles. The predicted molar refractivity (Wildman–Crippen MR) is 93.6 cm³/mol. The van der Waals surface area contributed by atoms with Gasteiger partial charge in [0.1, 0.15) is 5.82 Å². The van der Waals surface area contributed by atoms with Crippen molar-refractivity contribution in [1.29, 1.82) is 0 Å². The minimum atomic E-state index is 0.184. The lowest BCUT2D eigenvalue weighted by molar-refractivity contribution is -0.0246. The zero-order valence-corrected chi connectivity index (χ0v) is 14.7. The summed E-state index contributed by atoms with van der Waals surface area (Å²) < 4.78 is 5.69. The molecule has 1 atom stereocenters. The number of halogens is 1. The molecule has 23 heavy (non-hydrogen) atoms. The Balaban J connectivity index is 1.81. The van der Waals surface area contributed by atoms with Gasteiger partial charge in [0.15, 0.2) is 0 Å². The van der Waals surface area contributed by atoms with Crippen LogP contribution in [0.2, 0.25) is 5.02 Å². The average Bonchev–Trinajstić information content (AvgIpc) is 2.96. The first-order valence-corrected chi connectivity index (χ1v) is 8.43. The van der Waals surface area contributed by atoms with Gasteiger partial charge in [0.2, 0.25) is 0 Å². The van der Waals surface area contributed by atoms with Crippen molar-refractivity contribution < 1.29 is 4.74 Å². The minimum Gasteiger partial charge on any atom is -0.378 e. The summed E-state index contributed by atoms with van der Waals surface area (Å²) in [7, 11) is 0. The summed E-state index contributed by atoms with van der Waals surface area (Å²) in [6.45, 7) is 10.2. The standard InChI is InChI=1S/C18H24ClN3O/c1-18(2,3)12-22-8-9-23-11-16(22)17-20-10-15(21-17)13-4-6-14(19)7-5-13/h4-7,10,16H,8-9,11-12H2,1-3H3,(H,20,21). The maximum atomic E-state index is 5.96. The molecule has 5 heteroatoms. The van der Waals surface area contributed by atoms with Gasteiger partial charge in [-0.15, -0.1) is 0 Å². The van der Waals surface area contributed by atoms with E-state index in [-0.39, 0.29) is 11.5 Å². The van der Waals surface area contributed by atoms with Crippen LogP contribution in [-0.4, -0.2) is 41.2 Å². The monoisotopic (exact) mass is 333 g/mol. The van der Waals surface area contributed by atoms with E-state index in [1.807, 2.05) is 30.5 Å². The van der Waals surface area contributed by atoms with Gasteiger partial charge < -0.3 is 9.72 Å². The quantitative estimate of drug-likeness (QED) is 0.917. The van der Waals surface area contributed by atoms with Crippen LogP contribution in [0.25, 0.3) is 11.3 Å². The number of H-pyrrole nitrogens is 1. The van der Waals surface area contributed by atoms with Crippen LogP contribution in [0.1, 0.15) is 32.6 Å². The summed E-state index contributed by atoms with van der Waals surface area (Å²) in [6, 6.07) is 7.98. The Labute approximate surface area is 142 Å². The molecule has 1 aromatic carbocycles. The van der Waals surface area contributed by atoms with Gasteiger partial charge in [-0.2, -0.15) is 0 Å². The van der Waals surface area contributed by atoms with Gasteiger partial charge >= 0.3 is 0 Å². The van der Waals surface area contributed by atoms with Crippen molar-refractivity contribution in [3.05, 3.63) is 41.3 Å². The number of nitrogens with zero attached hydrogens (tertiary/aromatic N) is 2. The second-order valence-electron chi connectivity index (χ2n) is 7.31. The minimum absolute atomic E-state index is 0.184. The average molecular weight is 334 g/mol. The van der Waals surface area contributed by atoms with E-state index in [1.165, 1.54) is 0 Å². The van der Waals surface area contributed by atoms with E-state index in [4.69, 9.17) is 16.3 Å². The first-order valence-electron chi connectivity index (χ1n) is 8.05. The van der Waals surface area contributed by atoms with Gasteiger partial charge in [-0.25, -0.2) is 4.98 Å². The number of ether oxygens (including phenoxy) is 1. The highest BCUT2D eigenvalue weighted by Crippen LogP contribution is 2.28. The smallest absolute Gasteiger partial charge is 0.126 e. The second-order valence-corrected chi connectivity index (χ2v) is 7.75. The number of hydrogen-bond acceptors (Lipinski definition) is 3. The van der Waals surface area contributed by atoms with Crippen LogP contribution in [0, 0.1) is 5.41 Å². The topological polar surface area (TPSA) is 41.1 Å². The normalized spacial score (nSPS) is 19.9. The predicted octanol–water partition coefficient (Wildman–Crippen LogP) is 4.15. The third-order valence-corrected chi connectivity index (χ3v) is 4.24. The Bertz CT molecular complexity index is 645. The molecule has 0 bridgehead atoms. The van der Waals surface area contributed by atoms with Crippen LogP contribution in [0.5, 0.6) is 0 Å². The molecule has 0 radical (unpaired) electrons. The fraction of sp³-hybridized carbons (Fsp3) is 0.500. The van der Waals surface area contributed by atoms with Crippen molar-refractivity contribution >= 4 is 11.6 Å². The summed E-state index contributed by atoms with van der Waals surface area (Å²) in [5.74, 6) is 0.971. The molecule has 3 rings (SSSR count). The Morgan fingerprint density at radius 2 is 2.04 bits per heavy atom. The lowest BCUT2D eigenvalue weighted by atomic mass is 9.95. The van der Waals surface area contributed by atoms with Crippen molar-refractivity contribution in [3.63, 3.8) is 0 Å². The van der Waals surface area contributed by atoms with Crippen LogP contribution in [-0.2, 0) is 4.74 Å². The molecule has 1 N–H and O–H groups in total. The number of rotatable bonds is 3. The molecule has 2 heterocycles. The summed E-state index contributed by atoms with van der Waals surface area (Å²) in [5, 5.41) is 0.741. The molecule has 0 spiro atoms. The van der Waals surface area contributed by atoms with E-state index >= 15 is 0 Å².